The number of likely N-dealkylation sites (N-methyl/N-ethyl adjacent to an activating group) is 2. The van der Waals surface area contributed by atoms with Gasteiger partial charge in [0.25, 0.3) is 0 Å². The third-order valence-electron chi connectivity index (χ3n) is 4.86. The average molecular weight is 297 g/mol. The Labute approximate surface area is 125 Å². The van der Waals surface area contributed by atoms with E-state index in [9.17, 15) is 8.78 Å². The molecule has 0 heterocycles. The Kier molecular flexibility index (Phi) is 4.96. The quantitative estimate of drug-likeness (QED) is 0.875. The zero-order chi connectivity index (χ0) is 15.6. The van der Waals surface area contributed by atoms with Gasteiger partial charge in [0.15, 0.2) is 0 Å². The first-order valence-electron chi connectivity index (χ1n) is 7.43. The molecule has 1 atom stereocenters. The molecule has 0 radical (unpaired) electrons. The molecular weight excluding hydrogens is 272 g/mol. The van der Waals surface area contributed by atoms with Crippen LogP contribution in [0.1, 0.15) is 30.9 Å². The normalized spacial score (nSPS) is 18.9. The summed E-state index contributed by atoms with van der Waals surface area (Å²) in [6.45, 7) is 0.952. The molecule has 1 aliphatic rings. The van der Waals surface area contributed by atoms with Gasteiger partial charge in [0.2, 0.25) is 0 Å². The maximum Gasteiger partial charge on any atom is 0.130 e. The van der Waals surface area contributed by atoms with Crippen molar-refractivity contribution in [3.63, 3.8) is 0 Å². The van der Waals surface area contributed by atoms with Gasteiger partial charge in [-0.1, -0.05) is 6.07 Å². The highest BCUT2D eigenvalue weighted by Crippen LogP contribution is 2.38. The Hall–Kier alpha value is -1.04. The summed E-state index contributed by atoms with van der Waals surface area (Å²) >= 11 is 0. The summed E-state index contributed by atoms with van der Waals surface area (Å²) in [6.07, 6.45) is 3.43. The highest BCUT2D eigenvalue weighted by Gasteiger charge is 2.41. The van der Waals surface area contributed by atoms with Gasteiger partial charge in [0, 0.05) is 24.2 Å². The number of benzene rings is 1. The fraction of sp³-hybridized carbons (Fsp3) is 0.625. The molecule has 0 aromatic heterocycles. The number of nitrogens with zero attached hydrogens (tertiary/aromatic N) is 2. The van der Waals surface area contributed by atoms with Crippen LogP contribution in [0.5, 0.6) is 0 Å². The van der Waals surface area contributed by atoms with Gasteiger partial charge in [-0.25, -0.2) is 8.78 Å². The molecule has 1 aliphatic carbocycles. The maximum absolute atomic E-state index is 14.0. The van der Waals surface area contributed by atoms with Crippen LogP contribution in [0, 0.1) is 11.6 Å². The number of nitrogens with two attached hydrogens (primary N) is 1. The van der Waals surface area contributed by atoms with E-state index in [1.54, 1.807) is 0 Å². The topological polar surface area (TPSA) is 32.5 Å². The lowest BCUT2D eigenvalue weighted by Gasteiger charge is -2.50. The minimum absolute atomic E-state index is 0.0794. The highest BCUT2D eigenvalue weighted by molar-refractivity contribution is 5.24. The van der Waals surface area contributed by atoms with Gasteiger partial charge in [-0.3, -0.25) is 4.90 Å². The van der Waals surface area contributed by atoms with Crippen LogP contribution in [0.25, 0.3) is 0 Å². The van der Waals surface area contributed by atoms with Gasteiger partial charge in [0.1, 0.15) is 11.6 Å². The molecule has 1 saturated carbocycles. The minimum Gasteiger partial charge on any atom is -0.329 e. The Morgan fingerprint density at radius 2 is 1.76 bits per heavy atom. The SMILES string of the molecule is CN(CC1(N(C)C)CCC1)C(CN)c1c(F)cccc1F. The molecule has 1 aromatic carbocycles. The molecule has 118 valence electrons. The lowest BCUT2D eigenvalue weighted by molar-refractivity contribution is 0.0159. The molecule has 1 fully saturated rings. The molecule has 3 nitrogen and oxygen atoms in total. The van der Waals surface area contributed by atoms with Crippen LogP contribution in [-0.4, -0.2) is 49.6 Å². The summed E-state index contributed by atoms with van der Waals surface area (Å²) in [5.41, 5.74) is 5.99. The zero-order valence-corrected chi connectivity index (χ0v) is 13.1. The van der Waals surface area contributed by atoms with Crippen LogP contribution in [0.15, 0.2) is 18.2 Å². The molecular formula is C16H25F2N3. The number of hydrogen-bond donors (Lipinski definition) is 1. The summed E-state index contributed by atoms with van der Waals surface area (Å²) in [4.78, 5) is 4.21. The van der Waals surface area contributed by atoms with E-state index in [-0.39, 0.29) is 17.6 Å². The van der Waals surface area contributed by atoms with E-state index in [4.69, 9.17) is 5.73 Å². The summed E-state index contributed by atoms with van der Waals surface area (Å²) < 4.78 is 28.0. The first kappa shape index (κ1) is 16.3. The molecule has 0 amide bonds. The lowest BCUT2D eigenvalue weighted by Crippen LogP contribution is -2.57. The second-order valence-electron chi connectivity index (χ2n) is 6.27. The molecule has 0 aliphatic heterocycles. The van der Waals surface area contributed by atoms with Crippen LogP contribution in [0.2, 0.25) is 0 Å². The van der Waals surface area contributed by atoms with Gasteiger partial charge in [-0.05, 0) is 52.5 Å². The Morgan fingerprint density at radius 1 is 1.19 bits per heavy atom. The second kappa shape index (κ2) is 6.38. The summed E-state index contributed by atoms with van der Waals surface area (Å²) in [5.74, 6) is -1.05. The fourth-order valence-corrected chi connectivity index (χ4v) is 3.25. The van der Waals surface area contributed by atoms with Gasteiger partial charge < -0.3 is 10.6 Å². The smallest absolute Gasteiger partial charge is 0.130 e. The van der Waals surface area contributed by atoms with Crippen LogP contribution < -0.4 is 5.73 Å². The van der Waals surface area contributed by atoms with Crippen molar-refractivity contribution >= 4 is 0 Å². The molecule has 21 heavy (non-hydrogen) atoms. The largest absolute Gasteiger partial charge is 0.329 e. The predicted octanol–water partition coefficient (Wildman–Crippen LogP) is 2.38. The van der Waals surface area contributed by atoms with Crippen molar-refractivity contribution in [3.05, 3.63) is 35.4 Å². The van der Waals surface area contributed by atoms with E-state index in [1.165, 1.54) is 24.6 Å². The number of hydrogen-bond acceptors (Lipinski definition) is 3. The van der Waals surface area contributed by atoms with Gasteiger partial charge in [-0.15, -0.1) is 0 Å². The average Bonchev–Trinajstić information content (AvgIpc) is 2.37. The van der Waals surface area contributed by atoms with E-state index in [1.807, 2.05) is 11.9 Å². The van der Waals surface area contributed by atoms with Crippen LogP contribution in [0.3, 0.4) is 0 Å². The fourth-order valence-electron chi connectivity index (χ4n) is 3.25. The lowest BCUT2D eigenvalue weighted by atomic mass is 9.75. The molecule has 0 saturated heterocycles. The Morgan fingerprint density at radius 3 is 2.14 bits per heavy atom. The molecule has 0 bridgehead atoms. The van der Waals surface area contributed by atoms with E-state index in [0.717, 1.165) is 19.4 Å². The summed E-state index contributed by atoms with van der Waals surface area (Å²) in [5, 5.41) is 0. The Balaban J connectivity index is 2.21. The van der Waals surface area contributed by atoms with Gasteiger partial charge in [0.05, 0.1) is 6.04 Å². The van der Waals surface area contributed by atoms with E-state index in [2.05, 4.69) is 19.0 Å². The van der Waals surface area contributed by atoms with Crippen molar-refractivity contribution in [3.8, 4) is 0 Å². The first-order valence-corrected chi connectivity index (χ1v) is 7.43. The predicted molar refractivity (Wildman–Crippen MR) is 81.1 cm³/mol. The number of halogens is 2. The van der Waals surface area contributed by atoms with Crippen molar-refractivity contribution in [1.29, 1.82) is 0 Å². The monoisotopic (exact) mass is 297 g/mol. The van der Waals surface area contributed by atoms with Crippen molar-refractivity contribution in [2.24, 2.45) is 5.73 Å². The van der Waals surface area contributed by atoms with E-state index >= 15 is 0 Å². The van der Waals surface area contributed by atoms with Crippen molar-refractivity contribution in [2.45, 2.75) is 30.8 Å². The van der Waals surface area contributed by atoms with Crippen LogP contribution in [0.4, 0.5) is 8.78 Å². The van der Waals surface area contributed by atoms with Crippen LogP contribution >= 0.6 is 0 Å². The maximum atomic E-state index is 14.0. The Bertz CT molecular complexity index is 466. The van der Waals surface area contributed by atoms with E-state index < -0.39 is 17.7 Å². The molecule has 0 spiro atoms. The molecule has 2 N–H and O–H groups in total. The van der Waals surface area contributed by atoms with Crippen molar-refractivity contribution in [1.82, 2.24) is 9.80 Å². The second-order valence-corrected chi connectivity index (χ2v) is 6.27. The first-order chi connectivity index (χ1) is 9.91. The molecule has 5 heteroatoms. The van der Waals surface area contributed by atoms with Gasteiger partial charge in [-0.2, -0.15) is 0 Å². The third-order valence-corrected chi connectivity index (χ3v) is 4.86. The summed E-state index contributed by atoms with van der Waals surface area (Å²) in [7, 11) is 6.02. The highest BCUT2D eigenvalue weighted by atomic mass is 19.1. The number of rotatable bonds is 6. The minimum atomic E-state index is -0.523. The standard InChI is InChI=1S/C16H25F2N3/c1-20(2)16(8-5-9-16)11-21(3)14(10-19)15-12(17)6-4-7-13(15)18/h4,6-7,14H,5,8-11,19H2,1-3H3. The van der Waals surface area contributed by atoms with E-state index in [0.29, 0.717) is 0 Å². The molecule has 2 rings (SSSR count). The van der Waals surface area contributed by atoms with Crippen LogP contribution in [-0.2, 0) is 0 Å². The molecule has 1 aromatic rings. The third kappa shape index (κ3) is 3.10. The molecule has 1 unspecified atom stereocenters. The van der Waals surface area contributed by atoms with Crippen molar-refractivity contribution < 1.29 is 8.78 Å². The van der Waals surface area contributed by atoms with Gasteiger partial charge >= 0.3 is 0 Å². The summed E-state index contributed by atoms with van der Waals surface area (Å²) in [6, 6.07) is 3.53. The van der Waals surface area contributed by atoms with Crippen molar-refractivity contribution in [2.75, 3.05) is 34.2 Å². The zero-order valence-electron chi connectivity index (χ0n) is 13.1.